The third kappa shape index (κ3) is 5.15. The van der Waals surface area contributed by atoms with Crippen molar-refractivity contribution in [2.75, 3.05) is 6.61 Å². The van der Waals surface area contributed by atoms with Crippen LogP contribution in [0.25, 0.3) is 22.1 Å². The summed E-state index contributed by atoms with van der Waals surface area (Å²) in [7, 11) is 0. The molecule has 0 saturated carbocycles. The van der Waals surface area contributed by atoms with Crippen LogP contribution in [-0.2, 0) is 35.5 Å². The largest absolute Gasteiger partial charge is 0.488 e. The molecule has 5 heteroatoms. The predicted molar refractivity (Wildman–Crippen MR) is 135 cm³/mol. The van der Waals surface area contributed by atoms with Gasteiger partial charge in [0.05, 0.1) is 13.0 Å². The fourth-order valence-electron chi connectivity index (χ4n) is 4.12. The molecule has 0 fully saturated rings. The summed E-state index contributed by atoms with van der Waals surface area (Å²) in [6.45, 7) is 7.06. The Hall–Kier alpha value is -3.57. The first-order chi connectivity index (χ1) is 16.5. The molecule has 1 heterocycles. The molecule has 0 radical (unpaired) electrons. The number of aryl methyl sites for hydroxylation is 2. The van der Waals surface area contributed by atoms with Crippen molar-refractivity contribution in [3.63, 3.8) is 0 Å². The number of benzene rings is 3. The third-order valence-electron chi connectivity index (χ3n) is 6.04. The fourth-order valence-corrected chi connectivity index (χ4v) is 4.12. The Morgan fingerprint density at radius 2 is 1.79 bits per heavy atom. The first-order valence-electron chi connectivity index (χ1n) is 11.7. The van der Waals surface area contributed by atoms with Crippen molar-refractivity contribution in [1.29, 1.82) is 0 Å². The van der Waals surface area contributed by atoms with Gasteiger partial charge in [0.15, 0.2) is 0 Å². The average molecular weight is 458 g/mol. The lowest BCUT2D eigenvalue weighted by Gasteiger charge is -2.13. The maximum atomic E-state index is 12.1. The van der Waals surface area contributed by atoms with Crippen LogP contribution in [0.2, 0.25) is 0 Å². The number of ether oxygens (including phenoxy) is 2. The van der Waals surface area contributed by atoms with Gasteiger partial charge in [-0.1, -0.05) is 43.3 Å². The van der Waals surface area contributed by atoms with E-state index in [4.69, 9.17) is 19.6 Å². The second-order valence-electron chi connectivity index (χ2n) is 8.32. The van der Waals surface area contributed by atoms with E-state index in [1.54, 1.807) is 0 Å². The lowest BCUT2D eigenvalue weighted by molar-refractivity contribution is -0.142. The van der Waals surface area contributed by atoms with E-state index in [2.05, 4.69) is 31.2 Å². The second kappa shape index (κ2) is 10.6. The Morgan fingerprint density at radius 3 is 2.56 bits per heavy atom. The highest BCUT2D eigenvalue weighted by atomic mass is 16.5. The third-order valence-corrected chi connectivity index (χ3v) is 6.04. The number of rotatable bonds is 9. The van der Waals surface area contributed by atoms with Crippen molar-refractivity contribution in [3.8, 4) is 16.9 Å². The summed E-state index contributed by atoms with van der Waals surface area (Å²) in [5, 5.41) is 1.02. The molecule has 0 aliphatic heterocycles. The molecule has 3 aromatic carbocycles. The minimum absolute atomic E-state index is 0.180. The van der Waals surface area contributed by atoms with E-state index in [0.717, 1.165) is 56.5 Å². The van der Waals surface area contributed by atoms with E-state index in [1.807, 2.05) is 50.2 Å². The van der Waals surface area contributed by atoms with Crippen LogP contribution in [0, 0.1) is 6.92 Å². The molecule has 0 amide bonds. The van der Waals surface area contributed by atoms with Crippen LogP contribution in [0.5, 0.6) is 5.75 Å². The van der Waals surface area contributed by atoms with Crippen LogP contribution in [0.1, 0.15) is 41.9 Å². The molecule has 0 unspecified atom stereocenters. The highest BCUT2D eigenvalue weighted by Crippen LogP contribution is 2.32. The molecule has 34 heavy (non-hydrogen) atoms. The SMILES string of the molecule is CCOC(=O)Cc1ccc(CC)cc1OCc1c(C)oc2ccc(-c3cccc(CN)c3)cc12. The molecule has 2 N–H and O–H groups in total. The summed E-state index contributed by atoms with van der Waals surface area (Å²) in [6.07, 6.45) is 1.06. The average Bonchev–Trinajstić information content (AvgIpc) is 3.17. The van der Waals surface area contributed by atoms with Gasteiger partial charge in [-0.15, -0.1) is 0 Å². The van der Waals surface area contributed by atoms with Crippen LogP contribution in [0.3, 0.4) is 0 Å². The van der Waals surface area contributed by atoms with Gasteiger partial charge < -0.3 is 19.6 Å². The molecule has 0 aliphatic carbocycles. The van der Waals surface area contributed by atoms with Crippen LogP contribution >= 0.6 is 0 Å². The summed E-state index contributed by atoms with van der Waals surface area (Å²) in [5.74, 6) is 1.26. The Kier molecular flexibility index (Phi) is 7.33. The lowest BCUT2D eigenvalue weighted by atomic mass is 10.0. The number of esters is 1. The van der Waals surface area contributed by atoms with Crippen LogP contribution in [0.15, 0.2) is 65.1 Å². The number of furan rings is 1. The van der Waals surface area contributed by atoms with E-state index in [0.29, 0.717) is 25.5 Å². The summed E-state index contributed by atoms with van der Waals surface area (Å²) < 4.78 is 17.4. The maximum Gasteiger partial charge on any atom is 0.310 e. The zero-order chi connectivity index (χ0) is 24.1. The van der Waals surface area contributed by atoms with Crippen LogP contribution in [0.4, 0.5) is 0 Å². The predicted octanol–water partition coefficient (Wildman–Crippen LogP) is 6.11. The minimum atomic E-state index is -0.258. The Bertz CT molecular complexity index is 1300. The first kappa shape index (κ1) is 23.6. The second-order valence-corrected chi connectivity index (χ2v) is 8.32. The lowest BCUT2D eigenvalue weighted by Crippen LogP contribution is -2.09. The summed E-state index contributed by atoms with van der Waals surface area (Å²) >= 11 is 0. The van der Waals surface area contributed by atoms with Gasteiger partial charge in [-0.05, 0) is 66.8 Å². The van der Waals surface area contributed by atoms with Gasteiger partial charge in [0, 0.05) is 23.1 Å². The van der Waals surface area contributed by atoms with Crippen LogP contribution < -0.4 is 10.5 Å². The Labute approximate surface area is 200 Å². The van der Waals surface area contributed by atoms with Crippen molar-refractivity contribution in [3.05, 3.63) is 88.7 Å². The normalized spacial score (nSPS) is 11.1. The number of fused-ring (bicyclic) bond motifs is 1. The van der Waals surface area contributed by atoms with Crippen molar-refractivity contribution >= 4 is 16.9 Å². The monoisotopic (exact) mass is 457 g/mol. The maximum absolute atomic E-state index is 12.1. The molecular weight excluding hydrogens is 426 g/mol. The standard InChI is InChI=1S/C29H31NO4/c1-4-20-9-10-24(16-29(31)32-5-2)28(14-20)33-18-26-19(3)34-27-12-11-23(15-25(26)27)22-8-6-7-21(13-22)17-30/h6-15H,4-5,16-18,30H2,1-3H3. The minimum Gasteiger partial charge on any atom is -0.488 e. The summed E-state index contributed by atoms with van der Waals surface area (Å²) in [6, 6.07) is 20.4. The molecular formula is C29H31NO4. The Morgan fingerprint density at radius 1 is 0.971 bits per heavy atom. The van der Waals surface area contributed by atoms with Crippen molar-refractivity contribution in [1.82, 2.24) is 0 Å². The molecule has 1 aromatic heterocycles. The highest BCUT2D eigenvalue weighted by molar-refractivity contribution is 5.87. The van der Waals surface area contributed by atoms with E-state index in [9.17, 15) is 4.79 Å². The zero-order valence-corrected chi connectivity index (χ0v) is 20.0. The summed E-state index contributed by atoms with van der Waals surface area (Å²) in [5.41, 5.74) is 12.9. The van der Waals surface area contributed by atoms with Gasteiger partial charge in [0.2, 0.25) is 0 Å². The quantitative estimate of drug-likeness (QED) is 0.307. The number of nitrogens with two attached hydrogens (primary N) is 1. The zero-order valence-electron chi connectivity index (χ0n) is 20.0. The van der Waals surface area contributed by atoms with E-state index in [-0.39, 0.29) is 12.4 Å². The number of carbonyl (C=O) groups excluding carboxylic acids is 1. The van der Waals surface area contributed by atoms with Crippen molar-refractivity contribution < 1.29 is 18.7 Å². The van der Waals surface area contributed by atoms with Gasteiger partial charge in [0.1, 0.15) is 23.7 Å². The molecule has 0 spiro atoms. The molecule has 4 rings (SSSR count). The number of hydrogen-bond acceptors (Lipinski definition) is 5. The number of carbonyl (C=O) groups is 1. The molecule has 0 aliphatic rings. The van der Waals surface area contributed by atoms with Gasteiger partial charge in [-0.2, -0.15) is 0 Å². The summed E-state index contributed by atoms with van der Waals surface area (Å²) in [4.78, 5) is 12.1. The molecule has 176 valence electrons. The van der Waals surface area contributed by atoms with Gasteiger partial charge in [0.25, 0.3) is 0 Å². The molecule has 4 aromatic rings. The highest BCUT2D eigenvalue weighted by Gasteiger charge is 2.16. The molecule has 0 atom stereocenters. The van der Waals surface area contributed by atoms with E-state index >= 15 is 0 Å². The molecule has 5 nitrogen and oxygen atoms in total. The Balaban J connectivity index is 1.65. The molecule has 0 bridgehead atoms. The first-order valence-corrected chi connectivity index (χ1v) is 11.7. The fraction of sp³-hybridized carbons (Fsp3) is 0.276. The van der Waals surface area contributed by atoms with Gasteiger partial charge >= 0.3 is 5.97 Å². The van der Waals surface area contributed by atoms with E-state index in [1.165, 1.54) is 0 Å². The molecule has 0 saturated heterocycles. The van der Waals surface area contributed by atoms with Crippen molar-refractivity contribution in [2.24, 2.45) is 5.73 Å². The smallest absolute Gasteiger partial charge is 0.310 e. The van der Waals surface area contributed by atoms with Gasteiger partial charge in [-0.3, -0.25) is 4.79 Å². The topological polar surface area (TPSA) is 74.7 Å². The van der Waals surface area contributed by atoms with E-state index < -0.39 is 0 Å². The van der Waals surface area contributed by atoms with Crippen LogP contribution in [-0.4, -0.2) is 12.6 Å². The van der Waals surface area contributed by atoms with Crippen molar-refractivity contribution in [2.45, 2.75) is 46.8 Å². The van der Waals surface area contributed by atoms with Gasteiger partial charge in [-0.25, -0.2) is 0 Å². The number of hydrogen-bond donors (Lipinski definition) is 1.